The standard InChI is InChI=1S/C21H31NO2/c1-16(21(23)22-19-11-5-3-2-4-6-12-19)24-20-14-13-17-9-7-8-10-18(17)15-20/h13-16,19H,2-12H2,1H3,(H,22,23)/t16-/m1/s1. The molecule has 132 valence electrons. The molecule has 2 aliphatic rings. The van der Waals surface area contributed by atoms with Gasteiger partial charge in [-0.2, -0.15) is 0 Å². The molecule has 1 atom stereocenters. The van der Waals surface area contributed by atoms with E-state index < -0.39 is 6.10 Å². The molecule has 0 saturated heterocycles. The van der Waals surface area contributed by atoms with Crippen LogP contribution in [-0.2, 0) is 17.6 Å². The molecule has 1 amide bonds. The van der Waals surface area contributed by atoms with Crippen molar-refractivity contribution in [1.29, 1.82) is 0 Å². The van der Waals surface area contributed by atoms with Gasteiger partial charge in [0.15, 0.2) is 6.10 Å². The van der Waals surface area contributed by atoms with E-state index in [1.54, 1.807) is 0 Å². The molecule has 0 radical (unpaired) electrons. The Morgan fingerprint density at radius 3 is 2.42 bits per heavy atom. The lowest BCUT2D eigenvalue weighted by Crippen LogP contribution is -2.42. The fraction of sp³-hybridized carbons (Fsp3) is 0.667. The summed E-state index contributed by atoms with van der Waals surface area (Å²) >= 11 is 0. The van der Waals surface area contributed by atoms with E-state index >= 15 is 0 Å². The van der Waals surface area contributed by atoms with Crippen LogP contribution in [0.4, 0.5) is 0 Å². The molecule has 0 heterocycles. The monoisotopic (exact) mass is 329 g/mol. The molecule has 0 aromatic heterocycles. The average Bonchev–Trinajstić information content (AvgIpc) is 2.57. The number of nitrogens with one attached hydrogen (secondary N) is 1. The molecule has 1 fully saturated rings. The van der Waals surface area contributed by atoms with Crippen molar-refractivity contribution in [3.05, 3.63) is 29.3 Å². The number of aryl methyl sites for hydroxylation is 2. The van der Waals surface area contributed by atoms with Gasteiger partial charge < -0.3 is 10.1 Å². The number of carbonyl (C=O) groups is 1. The zero-order chi connectivity index (χ0) is 16.8. The van der Waals surface area contributed by atoms with Crippen molar-refractivity contribution < 1.29 is 9.53 Å². The van der Waals surface area contributed by atoms with E-state index in [0.717, 1.165) is 25.0 Å². The summed E-state index contributed by atoms with van der Waals surface area (Å²) in [7, 11) is 0. The molecule has 3 nitrogen and oxygen atoms in total. The summed E-state index contributed by atoms with van der Waals surface area (Å²) in [6.07, 6.45) is 13.0. The van der Waals surface area contributed by atoms with Gasteiger partial charge in [-0.3, -0.25) is 4.79 Å². The van der Waals surface area contributed by atoms with Gasteiger partial charge in [-0.25, -0.2) is 0 Å². The Kier molecular flexibility index (Phi) is 6.17. The normalized spacial score (nSPS) is 20.4. The van der Waals surface area contributed by atoms with Crippen molar-refractivity contribution in [2.45, 2.75) is 89.7 Å². The van der Waals surface area contributed by atoms with Gasteiger partial charge in [0.1, 0.15) is 5.75 Å². The largest absolute Gasteiger partial charge is 0.481 e. The fourth-order valence-corrected chi connectivity index (χ4v) is 3.96. The highest BCUT2D eigenvalue weighted by molar-refractivity contribution is 5.81. The average molecular weight is 329 g/mol. The van der Waals surface area contributed by atoms with Crippen molar-refractivity contribution in [3.8, 4) is 5.75 Å². The molecule has 0 aliphatic heterocycles. The van der Waals surface area contributed by atoms with Gasteiger partial charge in [0.25, 0.3) is 5.91 Å². The Morgan fingerprint density at radius 1 is 1.00 bits per heavy atom. The number of hydrogen-bond donors (Lipinski definition) is 1. The molecule has 1 aromatic rings. The van der Waals surface area contributed by atoms with Crippen LogP contribution in [-0.4, -0.2) is 18.1 Å². The van der Waals surface area contributed by atoms with E-state index in [0.29, 0.717) is 6.04 Å². The van der Waals surface area contributed by atoms with Crippen LogP contribution in [0.1, 0.15) is 75.8 Å². The Labute approximate surface area is 146 Å². The first-order valence-electron chi connectivity index (χ1n) is 9.81. The minimum absolute atomic E-state index is 0.0262. The Balaban J connectivity index is 1.53. The van der Waals surface area contributed by atoms with Crippen LogP contribution in [0, 0.1) is 0 Å². The lowest BCUT2D eigenvalue weighted by molar-refractivity contribution is -0.128. The Bertz CT molecular complexity index is 547. The number of ether oxygens (including phenoxy) is 1. The van der Waals surface area contributed by atoms with Gasteiger partial charge >= 0.3 is 0 Å². The van der Waals surface area contributed by atoms with Crippen LogP contribution in [0.3, 0.4) is 0 Å². The predicted octanol–water partition coefficient (Wildman–Crippen LogP) is 4.56. The van der Waals surface area contributed by atoms with Gasteiger partial charge in [-0.1, -0.05) is 38.2 Å². The quantitative estimate of drug-likeness (QED) is 0.879. The highest BCUT2D eigenvalue weighted by Crippen LogP contribution is 2.26. The Morgan fingerprint density at radius 2 is 1.67 bits per heavy atom. The van der Waals surface area contributed by atoms with E-state index in [2.05, 4.69) is 17.4 Å². The summed E-state index contributed by atoms with van der Waals surface area (Å²) in [5, 5.41) is 3.21. The maximum atomic E-state index is 12.5. The van der Waals surface area contributed by atoms with E-state index in [9.17, 15) is 4.79 Å². The molecule has 3 heteroatoms. The van der Waals surface area contributed by atoms with Crippen molar-refractivity contribution in [3.63, 3.8) is 0 Å². The maximum Gasteiger partial charge on any atom is 0.260 e. The summed E-state index contributed by atoms with van der Waals surface area (Å²) in [4.78, 5) is 12.5. The lowest BCUT2D eigenvalue weighted by Gasteiger charge is -2.24. The summed E-state index contributed by atoms with van der Waals surface area (Å²) in [6.45, 7) is 1.86. The number of benzene rings is 1. The van der Waals surface area contributed by atoms with Crippen LogP contribution in [0.25, 0.3) is 0 Å². The number of fused-ring (bicyclic) bond motifs is 1. The van der Waals surface area contributed by atoms with Gasteiger partial charge in [-0.05, 0) is 68.7 Å². The molecule has 2 aliphatic carbocycles. The van der Waals surface area contributed by atoms with Gasteiger partial charge in [0.2, 0.25) is 0 Å². The maximum absolute atomic E-state index is 12.5. The minimum atomic E-state index is -0.433. The van der Waals surface area contributed by atoms with E-state index in [4.69, 9.17) is 4.74 Å². The van der Waals surface area contributed by atoms with Crippen LogP contribution >= 0.6 is 0 Å². The fourth-order valence-electron chi connectivity index (χ4n) is 3.96. The minimum Gasteiger partial charge on any atom is -0.481 e. The zero-order valence-electron chi connectivity index (χ0n) is 15.0. The molecule has 3 rings (SSSR count). The first-order chi connectivity index (χ1) is 11.7. The van der Waals surface area contributed by atoms with E-state index in [-0.39, 0.29) is 5.91 Å². The summed E-state index contributed by atoms with van der Waals surface area (Å²) in [5.74, 6) is 0.856. The predicted molar refractivity (Wildman–Crippen MR) is 97.4 cm³/mol. The van der Waals surface area contributed by atoms with Gasteiger partial charge in [0.05, 0.1) is 0 Å². The molecule has 1 N–H and O–H groups in total. The third-order valence-electron chi connectivity index (χ3n) is 5.45. The molecule has 24 heavy (non-hydrogen) atoms. The van der Waals surface area contributed by atoms with Gasteiger partial charge in [0, 0.05) is 6.04 Å². The number of rotatable bonds is 4. The number of carbonyl (C=O) groups excluding carboxylic acids is 1. The first kappa shape index (κ1) is 17.3. The van der Waals surface area contributed by atoms with Crippen LogP contribution in [0.15, 0.2) is 18.2 Å². The second-order valence-electron chi connectivity index (χ2n) is 7.45. The topological polar surface area (TPSA) is 38.3 Å². The van der Waals surface area contributed by atoms with Gasteiger partial charge in [-0.15, -0.1) is 0 Å². The highest BCUT2D eigenvalue weighted by atomic mass is 16.5. The summed E-state index contributed by atoms with van der Waals surface area (Å²) in [6, 6.07) is 6.65. The molecular formula is C21H31NO2. The number of hydrogen-bond acceptors (Lipinski definition) is 2. The third-order valence-corrected chi connectivity index (χ3v) is 5.45. The highest BCUT2D eigenvalue weighted by Gasteiger charge is 2.20. The Hall–Kier alpha value is -1.51. The summed E-state index contributed by atoms with van der Waals surface area (Å²) < 4.78 is 5.93. The second-order valence-corrected chi connectivity index (χ2v) is 7.45. The molecule has 0 spiro atoms. The molecular weight excluding hydrogens is 298 g/mol. The van der Waals surface area contributed by atoms with Crippen molar-refractivity contribution >= 4 is 5.91 Å². The zero-order valence-corrected chi connectivity index (χ0v) is 15.0. The molecule has 1 aromatic carbocycles. The van der Waals surface area contributed by atoms with Crippen molar-refractivity contribution in [1.82, 2.24) is 5.32 Å². The molecule has 0 unspecified atom stereocenters. The van der Waals surface area contributed by atoms with Crippen LogP contribution in [0.2, 0.25) is 0 Å². The third kappa shape index (κ3) is 4.75. The number of amides is 1. The SMILES string of the molecule is C[C@@H](Oc1ccc2c(c1)CCCC2)C(=O)NC1CCCCCCC1. The van der Waals surface area contributed by atoms with E-state index in [1.807, 2.05) is 13.0 Å². The van der Waals surface area contributed by atoms with Crippen LogP contribution in [0.5, 0.6) is 5.75 Å². The first-order valence-corrected chi connectivity index (χ1v) is 9.81. The second kappa shape index (κ2) is 8.55. The van der Waals surface area contributed by atoms with E-state index in [1.165, 1.54) is 62.5 Å². The van der Waals surface area contributed by atoms with Crippen LogP contribution < -0.4 is 10.1 Å². The molecule has 0 bridgehead atoms. The smallest absolute Gasteiger partial charge is 0.260 e. The summed E-state index contributed by atoms with van der Waals surface area (Å²) in [5.41, 5.74) is 2.84. The van der Waals surface area contributed by atoms with Crippen molar-refractivity contribution in [2.75, 3.05) is 0 Å². The lowest BCUT2D eigenvalue weighted by atomic mass is 9.92. The van der Waals surface area contributed by atoms with Crippen molar-refractivity contribution in [2.24, 2.45) is 0 Å². The molecule has 1 saturated carbocycles.